The lowest BCUT2D eigenvalue weighted by molar-refractivity contribution is 0.0625. The van der Waals surface area contributed by atoms with E-state index >= 15 is 0 Å². The van der Waals surface area contributed by atoms with Gasteiger partial charge >= 0.3 is 0 Å². The first kappa shape index (κ1) is 20.0. The molecule has 3 aromatic heterocycles. The highest BCUT2D eigenvalue weighted by Crippen LogP contribution is 2.13. The molecule has 0 atom stereocenters. The van der Waals surface area contributed by atoms with Crippen LogP contribution < -0.4 is 5.56 Å². The minimum atomic E-state index is -0.123. The van der Waals surface area contributed by atoms with Crippen molar-refractivity contribution < 1.29 is 4.79 Å². The Labute approximate surface area is 174 Å². The van der Waals surface area contributed by atoms with Crippen molar-refractivity contribution >= 4 is 5.91 Å². The molecule has 0 aliphatic carbocycles. The molecule has 156 valence electrons. The fourth-order valence-electron chi connectivity index (χ4n) is 3.52. The van der Waals surface area contributed by atoms with E-state index in [0.29, 0.717) is 31.9 Å². The van der Waals surface area contributed by atoms with Crippen LogP contribution in [0.3, 0.4) is 0 Å². The maximum absolute atomic E-state index is 12.6. The van der Waals surface area contributed by atoms with Crippen molar-refractivity contribution in [2.45, 2.75) is 13.5 Å². The molecule has 4 rings (SSSR count). The number of piperazine rings is 1. The number of carbonyl (C=O) groups excluding carboxylic acids is 1. The van der Waals surface area contributed by atoms with Crippen molar-refractivity contribution in [1.82, 2.24) is 34.3 Å². The molecule has 1 fully saturated rings. The third-order valence-corrected chi connectivity index (χ3v) is 5.44. The summed E-state index contributed by atoms with van der Waals surface area (Å²) in [5.74, 6) is -0.0274. The van der Waals surface area contributed by atoms with Gasteiger partial charge in [-0.2, -0.15) is 10.2 Å². The fourth-order valence-corrected chi connectivity index (χ4v) is 3.52. The fraction of sp³-hybridized carbons (Fsp3) is 0.381. The van der Waals surface area contributed by atoms with Gasteiger partial charge in [0.25, 0.3) is 11.5 Å². The van der Waals surface area contributed by atoms with Crippen LogP contribution in [0.2, 0.25) is 0 Å². The van der Waals surface area contributed by atoms with E-state index in [1.165, 1.54) is 4.68 Å². The topological polar surface area (TPSA) is 89.2 Å². The van der Waals surface area contributed by atoms with Gasteiger partial charge in [-0.05, 0) is 31.2 Å². The summed E-state index contributed by atoms with van der Waals surface area (Å²) in [5.41, 5.74) is 2.93. The molecule has 0 saturated carbocycles. The smallest absolute Gasteiger partial charge is 0.274 e. The van der Waals surface area contributed by atoms with Crippen LogP contribution in [0.25, 0.3) is 11.3 Å². The van der Waals surface area contributed by atoms with Crippen LogP contribution in [-0.2, 0) is 13.6 Å². The molecule has 3 aromatic rings. The summed E-state index contributed by atoms with van der Waals surface area (Å²) < 4.78 is 3.21. The summed E-state index contributed by atoms with van der Waals surface area (Å²) >= 11 is 0. The van der Waals surface area contributed by atoms with Gasteiger partial charge in [-0.1, -0.05) is 0 Å². The number of aromatic nitrogens is 5. The summed E-state index contributed by atoms with van der Waals surface area (Å²) in [5, 5.41) is 8.77. The second-order valence-electron chi connectivity index (χ2n) is 7.45. The molecule has 1 aliphatic heterocycles. The van der Waals surface area contributed by atoms with Crippen LogP contribution in [0.4, 0.5) is 0 Å². The zero-order valence-electron chi connectivity index (χ0n) is 17.2. The molecule has 1 aliphatic rings. The molecule has 0 unspecified atom stereocenters. The summed E-state index contributed by atoms with van der Waals surface area (Å²) in [6.07, 6.45) is 3.44. The lowest BCUT2D eigenvalue weighted by atomic mass is 10.2. The quantitative estimate of drug-likeness (QED) is 0.622. The van der Waals surface area contributed by atoms with Gasteiger partial charge in [0.05, 0.1) is 12.2 Å². The number of hydrogen-bond donors (Lipinski definition) is 0. The lowest BCUT2D eigenvalue weighted by Gasteiger charge is -2.34. The Morgan fingerprint density at radius 1 is 1.07 bits per heavy atom. The van der Waals surface area contributed by atoms with Crippen LogP contribution >= 0.6 is 0 Å². The van der Waals surface area contributed by atoms with Gasteiger partial charge in [0.2, 0.25) is 0 Å². The first-order valence-corrected chi connectivity index (χ1v) is 10.0. The number of hydrogen-bond acceptors (Lipinski definition) is 6. The number of amides is 1. The van der Waals surface area contributed by atoms with Crippen LogP contribution in [0.15, 0.2) is 47.5 Å². The zero-order chi connectivity index (χ0) is 21.1. The van der Waals surface area contributed by atoms with Crippen LogP contribution in [0.5, 0.6) is 0 Å². The van der Waals surface area contributed by atoms with Gasteiger partial charge in [0.1, 0.15) is 0 Å². The minimum Gasteiger partial charge on any atom is -0.335 e. The average molecular weight is 407 g/mol. The van der Waals surface area contributed by atoms with Gasteiger partial charge in [-0.25, -0.2) is 4.68 Å². The first-order valence-electron chi connectivity index (χ1n) is 10.0. The highest BCUT2D eigenvalue weighted by Gasteiger charge is 2.24. The van der Waals surface area contributed by atoms with Crippen molar-refractivity contribution in [3.05, 3.63) is 64.5 Å². The van der Waals surface area contributed by atoms with Gasteiger partial charge in [-0.3, -0.25) is 24.2 Å². The number of rotatable bonds is 5. The molecule has 0 N–H and O–H groups in total. The molecule has 0 radical (unpaired) electrons. The largest absolute Gasteiger partial charge is 0.335 e. The van der Waals surface area contributed by atoms with Crippen molar-refractivity contribution in [2.75, 3.05) is 32.7 Å². The minimum absolute atomic E-state index is 0.0274. The maximum atomic E-state index is 12.6. The van der Waals surface area contributed by atoms with Gasteiger partial charge in [0, 0.05) is 69.5 Å². The first-order chi connectivity index (χ1) is 14.5. The molecule has 0 bridgehead atoms. The number of aryl methyl sites for hydroxylation is 2. The molecule has 0 spiro atoms. The molecular formula is C21H25N7O2. The Hall–Kier alpha value is -3.33. The molecule has 30 heavy (non-hydrogen) atoms. The van der Waals surface area contributed by atoms with E-state index in [2.05, 4.69) is 20.1 Å². The van der Waals surface area contributed by atoms with Crippen molar-refractivity contribution in [1.29, 1.82) is 0 Å². The SMILES string of the molecule is Cc1cc(C(=O)N2CCN(CCn3nc(-c4cccnc4)ccc3=O)CC2)nn1C. The molecule has 9 heteroatoms. The Bertz CT molecular complexity index is 1060. The highest BCUT2D eigenvalue weighted by atomic mass is 16.2. The molecule has 9 nitrogen and oxygen atoms in total. The predicted octanol–water partition coefficient (Wildman–Crippen LogP) is 0.805. The molecular weight excluding hydrogens is 382 g/mol. The van der Waals surface area contributed by atoms with Gasteiger partial charge in [0.15, 0.2) is 5.69 Å². The normalized spacial score (nSPS) is 14.8. The average Bonchev–Trinajstić information content (AvgIpc) is 3.12. The summed E-state index contributed by atoms with van der Waals surface area (Å²) in [6.45, 7) is 5.94. The Kier molecular flexibility index (Phi) is 5.71. The van der Waals surface area contributed by atoms with E-state index in [9.17, 15) is 9.59 Å². The Morgan fingerprint density at radius 2 is 1.87 bits per heavy atom. The van der Waals surface area contributed by atoms with E-state index in [-0.39, 0.29) is 11.5 Å². The van der Waals surface area contributed by atoms with E-state index < -0.39 is 0 Å². The standard InChI is InChI=1S/C21H25N7O2/c1-16-14-19(23-25(16)2)21(30)27-11-8-26(9-12-27)10-13-28-20(29)6-5-18(24-28)17-4-3-7-22-15-17/h3-7,14-15H,8-13H2,1-2H3. The molecule has 4 heterocycles. The van der Waals surface area contributed by atoms with Crippen LogP contribution in [-0.4, -0.2) is 73.0 Å². The summed E-state index contributed by atoms with van der Waals surface area (Å²) in [4.78, 5) is 33.0. The number of carbonyl (C=O) groups is 1. The zero-order valence-corrected chi connectivity index (χ0v) is 17.2. The van der Waals surface area contributed by atoms with E-state index in [4.69, 9.17) is 0 Å². The summed E-state index contributed by atoms with van der Waals surface area (Å²) in [7, 11) is 1.84. The second kappa shape index (κ2) is 8.58. The van der Waals surface area contributed by atoms with Crippen molar-refractivity contribution in [3.8, 4) is 11.3 Å². The Morgan fingerprint density at radius 3 is 2.53 bits per heavy atom. The monoisotopic (exact) mass is 407 g/mol. The third-order valence-electron chi connectivity index (χ3n) is 5.44. The van der Waals surface area contributed by atoms with Gasteiger partial charge < -0.3 is 4.90 Å². The second-order valence-corrected chi connectivity index (χ2v) is 7.45. The number of pyridine rings is 1. The molecule has 1 amide bonds. The highest BCUT2D eigenvalue weighted by molar-refractivity contribution is 5.92. The molecule has 1 saturated heterocycles. The lowest BCUT2D eigenvalue weighted by Crippen LogP contribution is -2.49. The van der Waals surface area contributed by atoms with Crippen molar-refractivity contribution in [3.63, 3.8) is 0 Å². The summed E-state index contributed by atoms with van der Waals surface area (Å²) in [6, 6.07) is 8.85. The Balaban J connectivity index is 1.34. The number of nitrogens with zero attached hydrogens (tertiary/aromatic N) is 7. The van der Waals surface area contributed by atoms with E-state index in [1.54, 1.807) is 29.2 Å². The molecule has 0 aromatic carbocycles. The predicted molar refractivity (Wildman–Crippen MR) is 112 cm³/mol. The van der Waals surface area contributed by atoms with E-state index in [1.807, 2.05) is 37.1 Å². The third kappa shape index (κ3) is 4.30. The van der Waals surface area contributed by atoms with Gasteiger partial charge in [-0.15, -0.1) is 0 Å². The van der Waals surface area contributed by atoms with Crippen LogP contribution in [0.1, 0.15) is 16.2 Å². The van der Waals surface area contributed by atoms with Crippen LogP contribution in [0, 0.1) is 6.92 Å². The van der Waals surface area contributed by atoms with Crippen molar-refractivity contribution in [2.24, 2.45) is 7.05 Å². The van der Waals surface area contributed by atoms with E-state index in [0.717, 1.165) is 30.0 Å². The maximum Gasteiger partial charge on any atom is 0.274 e.